The second-order valence-corrected chi connectivity index (χ2v) is 12.2. The number of rotatable bonds is 6. The van der Waals surface area contributed by atoms with Gasteiger partial charge in [-0.1, -0.05) is 86.0 Å². The lowest BCUT2D eigenvalue weighted by atomic mass is 9.58. The van der Waals surface area contributed by atoms with Gasteiger partial charge in [0.15, 0.2) is 0 Å². The predicted molar refractivity (Wildman–Crippen MR) is 136 cm³/mol. The van der Waals surface area contributed by atoms with Gasteiger partial charge in [0.2, 0.25) is 0 Å². The van der Waals surface area contributed by atoms with Crippen molar-refractivity contribution < 1.29 is 0 Å². The summed E-state index contributed by atoms with van der Waals surface area (Å²) in [6, 6.07) is 0. The molecule has 0 N–H and O–H groups in total. The van der Waals surface area contributed by atoms with Crippen molar-refractivity contribution in [3.8, 4) is 0 Å². The smallest absolute Gasteiger partial charge is 0.0264 e. The summed E-state index contributed by atoms with van der Waals surface area (Å²) in [4.78, 5) is 0. The lowest BCUT2D eigenvalue weighted by Gasteiger charge is -2.47. The molecule has 0 bridgehead atoms. The molecule has 5 atom stereocenters. The first-order valence-corrected chi connectivity index (χ1v) is 13.6. The molecule has 0 aliphatic heterocycles. The van der Waals surface area contributed by atoms with Crippen LogP contribution >= 0.6 is 0 Å². The maximum absolute atomic E-state index is 4.35. The van der Waals surface area contributed by atoms with Crippen LogP contribution in [0, 0.1) is 34.5 Å². The monoisotopic (exact) mass is 414 g/mol. The van der Waals surface area contributed by atoms with Crippen molar-refractivity contribution in [3.63, 3.8) is 0 Å². The Morgan fingerprint density at radius 3 is 2.43 bits per heavy atom. The third kappa shape index (κ3) is 6.49. The van der Waals surface area contributed by atoms with E-state index < -0.39 is 0 Å². The second kappa shape index (κ2) is 11.4. The molecule has 0 aromatic rings. The lowest BCUT2D eigenvalue weighted by molar-refractivity contribution is 0.0290. The molecule has 0 amide bonds. The molecule has 3 fully saturated rings. The van der Waals surface area contributed by atoms with Gasteiger partial charge in [0.05, 0.1) is 0 Å². The van der Waals surface area contributed by atoms with Gasteiger partial charge in [-0.2, -0.15) is 0 Å². The molecule has 0 aromatic heterocycles. The Kier molecular flexibility index (Phi) is 9.76. The lowest BCUT2D eigenvalue weighted by Crippen LogP contribution is -2.39. The molecule has 3 rings (SSSR count). The molecule has 0 heteroatoms. The molecular weight excluding hydrogens is 360 g/mol. The Morgan fingerprint density at radius 2 is 1.77 bits per heavy atom. The molecule has 174 valence electrons. The van der Waals surface area contributed by atoms with E-state index in [4.69, 9.17) is 0 Å². The summed E-state index contributed by atoms with van der Waals surface area (Å²) in [5.41, 5.74) is 4.17. The van der Waals surface area contributed by atoms with Crippen molar-refractivity contribution >= 4 is 0 Å². The third-order valence-corrected chi connectivity index (χ3v) is 8.91. The van der Waals surface area contributed by atoms with Gasteiger partial charge in [0, 0.05) is 0 Å². The van der Waals surface area contributed by atoms with Crippen LogP contribution in [-0.4, -0.2) is 0 Å². The van der Waals surface area contributed by atoms with Crippen LogP contribution in [0.1, 0.15) is 132 Å². The van der Waals surface area contributed by atoms with E-state index in [9.17, 15) is 0 Å². The van der Waals surface area contributed by atoms with E-state index in [2.05, 4.69) is 47.3 Å². The molecule has 4 unspecified atom stereocenters. The molecule has 0 nitrogen and oxygen atoms in total. The van der Waals surface area contributed by atoms with Crippen LogP contribution < -0.4 is 0 Å². The molecule has 0 spiro atoms. The van der Waals surface area contributed by atoms with Crippen molar-refractivity contribution in [2.24, 2.45) is 34.5 Å². The van der Waals surface area contributed by atoms with E-state index in [-0.39, 0.29) is 0 Å². The molecule has 0 aromatic carbocycles. The van der Waals surface area contributed by atoms with Crippen LogP contribution in [0.3, 0.4) is 0 Å². The minimum atomic E-state index is 0.494. The van der Waals surface area contributed by atoms with E-state index in [0.29, 0.717) is 10.8 Å². The molecule has 3 aliphatic rings. The Morgan fingerprint density at radius 1 is 1.07 bits per heavy atom. The normalized spacial score (nSPS) is 34.3. The average molecular weight is 415 g/mol. The van der Waals surface area contributed by atoms with E-state index >= 15 is 0 Å². The quantitative estimate of drug-likeness (QED) is 0.405. The fourth-order valence-electron chi connectivity index (χ4n) is 7.29. The van der Waals surface area contributed by atoms with Crippen LogP contribution in [0.15, 0.2) is 23.8 Å². The van der Waals surface area contributed by atoms with Crippen LogP contribution in [0.25, 0.3) is 0 Å². The molecule has 3 saturated carbocycles. The van der Waals surface area contributed by atoms with Crippen LogP contribution in [0.4, 0.5) is 0 Å². The Labute approximate surface area is 190 Å². The van der Waals surface area contributed by atoms with Crippen LogP contribution in [-0.2, 0) is 0 Å². The van der Waals surface area contributed by atoms with E-state index in [1.165, 1.54) is 89.0 Å². The summed E-state index contributed by atoms with van der Waals surface area (Å²) >= 11 is 0. The fourth-order valence-corrected chi connectivity index (χ4v) is 7.29. The minimum Gasteiger partial charge on any atom is -0.0956 e. The molecule has 0 saturated heterocycles. The Hall–Kier alpha value is -0.520. The van der Waals surface area contributed by atoms with Gasteiger partial charge in [0.25, 0.3) is 0 Å². The summed E-state index contributed by atoms with van der Waals surface area (Å²) in [6.45, 7) is 20.8. The van der Waals surface area contributed by atoms with Gasteiger partial charge in [-0.3, -0.25) is 0 Å². The SMILES string of the molecule is C=C1CCCC/C1=C/CC1CCCC2(C)C1CCC2[C@H](C)CCCC(C)(C)C.CC. The highest BCUT2D eigenvalue weighted by Crippen LogP contribution is 2.60. The van der Waals surface area contributed by atoms with Crippen molar-refractivity contribution in [1.82, 2.24) is 0 Å². The van der Waals surface area contributed by atoms with Gasteiger partial charge in [-0.25, -0.2) is 0 Å². The van der Waals surface area contributed by atoms with Gasteiger partial charge in [0.1, 0.15) is 0 Å². The molecule has 3 aliphatic carbocycles. The average Bonchev–Trinajstić information content (AvgIpc) is 3.05. The molecular formula is C30H54. The largest absolute Gasteiger partial charge is 0.0956 e. The highest BCUT2D eigenvalue weighted by atomic mass is 14.6. The van der Waals surface area contributed by atoms with Crippen molar-refractivity contribution in [1.29, 1.82) is 0 Å². The maximum Gasteiger partial charge on any atom is -0.0264 e. The summed E-state index contributed by atoms with van der Waals surface area (Å²) in [5.74, 6) is 3.79. The van der Waals surface area contributed by atoms with Gasteiger partial charge >= 0.3 is 0 Å². The van der Waals surface area contributed by atoms with Gasteiger partial charge in [-0.05, 0) is 104 Å². The molecule has 0 radical (unpaired) electrons. The highest BCUT2D eigenvalue weighted by Gasteiger charge is 2.51. The Balaban J connectivity index is 0.00000155. The molecule has 0 heterocycles. The predicted octanol–water partition coefficient (Wildman–Crippen LogP) is 10.1. The van der Waals surface area contributed by atoms with E-state index in [1.807, 2.05) is 13.8 Å². The van der Waals surface area contributed by atoms with E-state index in [1.54, 1.807) is 5.57 Å². The number of fused-ring (bicyclic) bond motifs is 1. The minimum absolute atomic E-state index is 0.494. The van der Waals surface area contributed by atoms with Crippen molar-refractivity contribution in [2.75, 3.05) is 0 Å². The molecule has 30 heavy (non-hydrogen) atoms. The van der Waals surface area contributed by atoms with Crippen LogP contribution in [0.2, 0.25) is 0 Å². The Bertz CT molecular complexity index is 559. The van der Waals surface area contributed by atoms with Gasteiger partial charge in [-0.15, -0.1) is 0 Å². The summed E-state index contributed by atoms with van der Waals surface area (Å²) in [6.07, 6.45) is 20.9. The number of hydrogen-bond donors (Lipinski definition) is 0. The van der Waals surface area contributed by atoms with Crippen molar-refractivity contribution in [3.05, 3.63) is 23.8 Å². The summed E-state index contributed by atoms with van der Waals surface area (Å²) in [5, 5.41) is 0. The van der Waals surface area contributed by atoms with E-state index in [0.717, 1.165) is 23.7 Å². The van der Waals surface area contributed by atoms with Crippen molar-refractivity contribution in [2.45, 2.75) is 132 Å². The zero-order valence-electron chi connectivity index (χ0n) is 21.8. The summed E-state index contributed by atoms with van der Waals surface area (Å²) < 4.78 is 0. The number of allylic oxidation sites excluding steroid dienone is 3. The topological polar surface area (TPSA) is 0 Å². The first kappa shape index (κ1) is 25.7. The second-order valence-electron chi connectivity index (χ2n) is 12.2. The zero-order chi connectivity index (χ0) is 22.4. The fraction of sp³-hybridized carbons (Fsp3) is 0.867. The maximum atomic E-state index is 4.35. The van der Waals surface area contributed by atoms with Crippen LogP contribution in [0.5, 0.6) is 0 Å². The number of hydrogen-bond acceptors (Lipinski definition) is 0. The zero-order valence-corrected chi connectivity index (χ0v) is 21.8. The summed E-state index contributed by atoms with van der Waals surface area (Å²) in [7, 11) is 0. The first-order chi connectivity index (χ1) is 14.2. The first-order valence-electron chi connectivity index (χ1n) is 13.6. The third-order valence-electron chi connectivity index (χ3n) is 8.91. The highest BCUT2D eigenvalue weighted by molar-refractivity contribution is 5.30. The standard InChI is InChI=1S/C28H48.C2H6/c1-21-11-7-8-13-23(21)15-16-24-14-10-20-28(6)25(17-18-26(24)28)22(2)12-9-19-27(3,4)5;1-2/h15,22,24-26H,1,7-14,16-20H2,2-6H3;1-2H3/b23-15-;/t22-,24?,25?,26?,28?;/m1./s1. The van der Waals surface area contributed by atoms with Gasteiger partial charge < -0.3 is 0 Å².